The normalized spacial score (nSPS) is 18.0. The third-order valence-electron chi connectivity index (χ3n) is 5.56. The van der Waals surface area contributed by atoms with Crippen LogP contribution >= 0.6 is 0 Å². The van der Waals surface area contributed by atoms with Crippen LogP contribution < -0.4 is 10.3 Å². The number of hydrogen-bond acceptors (Lipinski definition) is 6. The van der Waals surface area contributed by atoms with Crippen molar-refractivity contribution >= 4 is 0 Å². The number of aromatic amines is 1. The first-order valence-corrected chi connectivity index (χ1v) is 10.2. The Balaban J connectivity index is 1.16. The molecule has 5 rings (SSSR count). The van der Waals surface area contributed by atoms with E-state index in [-0.39, 0.29) is 11.7 Å². The quantitative estimate of drug-likeness (QED) is 0.464. The molecule has 1 N–H and O–H groups in total. The maximum absolute atomic E-state index is 12.7. The lowest BCUT2D eigenvalue weighted by Crippen LogP contribution is -2.32. The van der Waals surface area contributed by atoms with Crippen LogP contribution in [0.15, 0.2) is 70.4 Å². The Bertz CT molecular complexity index is 1290. The Morgan fingerprint density at radius 1 is 0.939 bits per heavy atom. The van der Waals surface area contributed by atoms with E-state index in [1.807, 2.05) is 24.3 Å². The predicted molar refractivity (Wildman–Crippen MR) is 111 cm³/mol. The molecule has 1 fully saturated rings. The van der Waals surface area contributed by atoms with E-state index in [0.717, 1.165) is 30.0 Å². The molecule has 0 bridgehead atoms. The monoisotopic (exact) mass is 454 g/mol. The molecule has 1 aliphatic rings. The minimum absolute atomic E-state index is 0.0131. The van der Waals surface area contributed by atoms with Gasteiger partial charge in [-0.2, -0.15) is 18.3 Å². The number of aromatic nitrogens is 4. The van der Waals surface area contributed by atoms with Crippen molar-refractivity contribution in [1.29, 1.82) is 0 Å². The molecule has 3 heterocycles. The van der Waals surface area contributed by atoms with E-state index in [4.69, 9.17) is 9.26 Å². The second-order valence-electron chi connectivity index (χ2n) is 7.78. The van der Waals surface area contributed by atoms with Gasteiger partial charge in [0.15, 0.2) is 5.76 Å². The molecule has 10 heteroatoms. The molecule has 0 unspecified atom stereocenters. The maximum atomic E-state index is 12.7. The van der Waals surface area contributed by atoms with Gasteiger partial charge in [0.2, 0.25) is 5.88 Å². The maximum Gasteiger partial charge on any atom is 0.433 e. The van der Waals surface area contributed by atoms with Crippen molar-refractivity contribution in [2.75, 3.05) is 0 Å². The van der Waals surface area contributed by atoms with Crippen molar-refractivity contribution < 1.29 is 22.4 Å². The third kappa shape index (κ3) is 4.50. The van der Waals surface area contributed by atoms with Crippen molar-refractivity contribution in [2.24, 2.45) is 0 Å². The second-order valence-corrected chi connectivity index (χ2v) is 7.78. The van der Waals surface area contributed by atoms with Crippen LogP contribution in [0.3, 0.4) is 0 Å². The fourth-order valence-electron chi connectivity index (χ4n) is 3.70. The Morgan fingerprint density at radius 2 is 1.70 bits per heavy atom. The number of pyridine rings is 1. The van der Waals surface area contributed by atoms with Crippen LogP contribution in [0.25, 0.3) is 22.6 Å². The van der Waals surface area contributed by atoms with E-state index in [9.17, 15) is 18.0 Å². The Labute approximate surface area is 185 Å². The number of hydrogen-bond donors (Lipinski definition) is 1. The van der Waals surface area contributed by atoms with Crippen molar-refractivity contribution in [2.45, 2.75) is 31.0 Å². The van der Waals surface area contributed by atoms with Crippen molar-refractivity contribution in [3.8, 4) is 28.5 Å². The molecule has 3 aromatic heterocycles. The van der Waals surface area contributed by atoms with Crippen LogP contribution in [0.5, 0.6) is 5.88 Å². The summed E-state index contributed by atoms with van der Waals surface area (Å²) >= 11 is 0. The molecule has 0 spiro atoms. The molecule has 0 aliphatic heterocycles. The summed E-state index contributed by atoms with van der Waals surface area (Å²) in [6.45, 7) is 0. The van der Waals surface area contributed by atoms with E-state index < -0.39 is 11.9 Å². The summed E-state index contributed by atoms with van der Waals surface area (Å²) in [5, 5.41) is 2.20. The zero-order chi connectivity index (χ0) is 23.0. The van der Waals surface area contributed by atoms with Gasteiger partial charge in [0.1, 0.15) is 17.5 Å². The molecule has 1 aromatic carbocycles. The van der Waals surface area contributed by atoms with Gasteiger partial charge in [-0.3, -0.25) is 9.78 Å². The summed E-state index contributed by atoms with van der Waals surface area (Å²) in [4.78, 5) is 23.1. The smallest absolute Gasteiger partial charge is 0.433 e. The highest BCUT2D eigenvalue weighted by molar-refractivity contribution is 5.63. The number of halogens is 3. The zero-order valence-electron chi connectivity index (χ0n) is 17.0. The van der Waals surface area contributed by atoms with Crippen LogP contribution in [-0.4, -0.2) is 26.2 Å². The van der Waals surface area contributed by atoms with E-state index in [2.05, 4.69) is 20.1 Å². The Hall–Kier alpha value is -3.95. The number of alkyl halides is 3. The molecule has 0 amide bonds. The lowest BCUT2D eigenvalue weighted by Gasteiger charge is -2.35. The van der Waals surface area contributed by atoms with Gasteiger partial charge >= 0.3 is 6.18 Å². The minimum Gasteiger partial charge on any atom is -0.473 e. The van der Waals surface area contributed by atoms with Crippen molar-refractivity contribution in [3.63, 3.8) is 0 Å². The summed E-state index contributed by atoms with van der Waals surface area (Å²) < 4.78 is 48.9. The highest BCUT2D eigenvalue weighted by Crippen LogP contribution is 2.39. The molecule has 0 radical (unpaired) electrons. The average Bonchev–Trinajstić information content (AvgIpc) is 3.22. The SMILES string of the molecule is O=c1cc(-c2cnc(OC3CC(c4ccc(-c5ccc(C(F)(F)F)nc5)cc4)C3)cn2)o[nH]1. The van der Waals surface area contributed by atoms with E-state index in [1.54, 1.807) is 0 Å². The largest absolute Gasteiger partial charge is 0.473 e. The summed E-state index contributed by atoms with van der Waals surface area (Å²) in [6, 6.07) is 11.4. The first-order valence-electron chi connectivity index (χ1n) is 10.2. The minimum atomic E-state index is -4.45. The van der Waals surface area contributed by atoms with Gasteiger partial charge in [0, 0.05) is 11.8 Å². The summed E-state index contributed by atoms with van der Waals surface area (Å²) in [6.07, 6.45) is 1.41. The van der Waals surface area contributed by atoms with Crippen molar-refractivity contribution in [3.05, 3.63) is 82.7 Å². The van der Waals surface area contributed by atoms with E-state index in [1.165, 1.54) is 30.7 Å². The molecule has 1 aliphatic carbocycles. The number of nitrogens with one attached hydrogen (secondary N) is 1. The summed E-state index contributed by atoms with van der Waals surface area (Å²) in [7, 11) is 0. The van der Waals surface area contributed by atoms with Crippen LogP contribution in [0.2, 0.25) is 0 Å². The highest BCUT2D eigenvalue weighted by atomic mass is 19.4. The molecule has 4 aromatic rings. The lowest BCUT2D eigenvalue weighted by molar-refractivity contribution is -0.141. The van der Waals surface area contributed by atoms with E-state index >= 15 is 0 Å². The topological polar surface area (TPSA) is 93.9 Å². The lowest BCUT2D eigenvalue weighted by atomic mass is 9.77. The van der Waals surface area contributed by atoms with Crippen LogP contribution in [0.4, 0.5) is 13.2 Å². The van der Waals surface area contributed by atoms with Gasteiger partial charge in [0.05, 0.1) is 18.5 Å². The average molecular weight is 454 g/mol. The van der Waals surface area contributed by atoms with Gasteiger partial charge in [-0.25, -0.2) is 9.97 Å². The van der Waals surface area contributed by atoms with Crippen LogP contribution in [0.1, 0.15) is 30.0 Å². The van der Waals surface area contributed by atoms with Gasteiger partial charge < -0.3 is 9.26 Å². The standard InChI is InChI=1S/C23H17F3N4O3/c24-23(25,26)20-6-5-15(10-28-20)13-1-3-14(4-2-13)16-7-17(8-16)32-22-12-27-18(11-29-22)19-9-21(31)30-33-19/h1-6,9-12,16-17H,7-8H2,(H,30,31). The molecule has 1 saturated carbocycles. The molecule has 0 atom stereocenters. The Kier molecular flexibility index (Phi) is 5.20. The van der Waals surface area contributed by atoms with Gasteiger partial charge in [-0.15, -0.1) is 0 Å². The fraction of sp³-hybridized carbons (Fsp3) is 0.217. The fourth-order valence-corrected chi connectivity index (χ4v) is 3.70. The van der Waals surface area contributed by atoms with Crippen molar-refractivity contribution in [1.82, 2.24) is 20.1 Å². The molecule has 168 valence electrons. The van der Waals surface area contributed by atoms with Gasteiger partial charge in [0.25, 0.3) is 5.56 Å². The number of nitrogens with zero attached hydrogens (tertiary/aromatic N) is 3. The van der Waals surface area contributed by atoms with Crippen LogP contribution in [-0.2, 0) is 6.18 Å². The molecule has 33 heavy (non-hydrogen) atoms. The second kappa shape index (κ2) is 8.19. The number of benzene rings is 1. The first kappa shape index (κ1) is 20.9. The molecule has 7 nitrogen and oxygen atoms in total. The molecular weight excluding hydrogens is 437 g/mol. The van der Waals surface area contributed by atoms with Crippen LogP contribution in [0, 0.1) is 0 Å². The molecule has 0 saturated heterocycles. The number of H-pyrrole nitrogens is 1. The first-order chi connectivity index (χ1) is 15.8. The van der Waals surface area contributed by atoms with E-state index in [0.29, 0.717) is 28.8 Å². The Morgan fingerprint density at radius 3 is 2.27 bits per heavy atom. The molecular formula is C23H17F3N4O3. The number of ether oxygens (including phenoxy) is 1. The van der Waals surface area contributed by atoms with Gasteiger partial charge in [-0.1, -0.05) is 30.3 Å². The summed E-state index contributed by atoms with van der Waals surface area (Å²) in [5.74, 6) is 1.03. The third-order valence-corrected chi connectivity index (χ3v) is 5.56. The zero-order valence-corrected chi connectivity index (χ0v) is 17.0. The highest BCUT2D eigenvalue weighted by Gasteiger charge is 2.33. The summed E-state index contributed by atoms with van der Waals surface area (Å²) in [5.41, 5.74) is 1.75. The van der Waals surface area contributed by atoms with Gasteiger partial charge in [-0.05, 0) is 36.0 Å². The predicted octanol–water partition coefficient (Wildman–Crippen LogP) is 4.83. The number of rotatable bonds is 5.